The van der Waals surface area contributed by atoms with Gasteiger partial charge in [0.1, 0.15) is 0 Å². The van der Waals surface area contributed by atoms with Gasteiger partial charge in [0.2, 0.25) is 11.8 Å². The van der Waals surface area contributed by atoms with Crippen LogP contribution in [-0.4, -0.2) is 34.3 Å². The van der Waals surface area contributed by atoms with Gasteiger partial charge in [0.05, 0.1) is 5.41 Å². The Morgan fingerprint density at radius 1 is 1.30 bits per heavy atom. The van der Waals surface area contributed by atoms with Gasteiger partial charge in [-0.3, -0.25) is 19.3 Å². The second kappa shape index (κ2) is 6.86. The van der Waals surface area contributed by atoms with Gasteiger partial charge in [-0.1, -0.05) is 27.2 Å². The number of likely N-dealkylation sites (tertiary alicyclic amines) is 1. The monoisotopic (exact) mass is 283 g/mol. The molecular weight excluding hydrogens is 258 g/mol. The highest BCUT2D eigenvalue weighted by Crippen LogP contribution is 2.38. The second-order valence-corrected chi connectivity index (χ2v) is 6.39. The van der Waals surface area contributed by atoms with Gasteiger partial charge in [0, 0.05) is 19.4 Å². The summed E-state index contributed by atoms with van der Waals surface area (Å²) in [4.78, 5) is 36.1. The fourth-order valence-corrected chi connectivity index (χ4v) is 2.95. The molecule has 0 saturated carbocycles. The minimum atomic E-state index is -0.803. The van der Waals surface area contributed by atoms with Gasteiger partial charge >= 0.3 is 5.97 Å². The summed E-state index contributed by atoms with van der Waals surface area (Å²) in [6.45, 7) is 6.40. The Morgan fingerprint density at radius 3 is 2.50 bits per heavy atom. The van der Waals surface area contributed by atoms with Gasteiger partial charge < -0.3 is 5.11 Å². The van der Waals surface area contributed by atoms with Crippen LogP contribution in [-0.2, 0) is 14.4 Å². The number of hydrogen-bond acceptors (Lipinski definition) is 3. The molecule has 5 heteroatoms. The molecule has 1 aliphatic heterocycles. The van der Waals surface area contributed by atoms with Crippen molar-refractivity contribution >= 4 is 17.8 Å². The fraction of sp³-hybridized carbons (Fsp3) is 0.800. The molecule has 1 saturated heterocycles. The maximum absolute atomic E-state index is 12.4. The molecule has 5 nitrogen and oxygen atoms in total. The van der Waals surface area contributed by atoms with E-state index in [0.29, 0.717) is 31.7 Å². The third-order valence-corrected chi connectivity index (χ3v) is 3.74. The van der Waals surface area contributed by atoms with Crippen molar-refractivity contribution in [1.82, 2.24) is 4.90 Å². The van der Waals surface area contributed by atoms with Gasteiger partial charge in [-0.05, 0) is 25.2 Å². The Morgan fingerprint density at radius 2 is 1.95 bits per heavy atom. The van der Waals surface area contributed by atoms with Crippen molar-refractivity contribution in [3.63, 3.8) is 0 Å². The molecule has 1 heterocycles. The second-order valence-electron chi connectivity index (χ2n) is 6.39. The standard InChI is InChI=1S/C15H25NO4/c1-11(2)9-15(3)10-12(17)16(14(15)20)8-6-4-5-7-13(18)19/h11H,4-10H2,1-3H3,(H,18,19). The number of nitrogens with zero attached hydrogens (tertiary/aromatic N) is 1. The summed E-state index contributed by atoms with van der Waals surface area (Å²) in [5, 5.41) is 8.54. The maximum atomic E-state index is 12.4. The summed E-state index contributed by atoms with van der Waals surface area (Å²) < 4.78 is 0. The van der Waals surface area contributed by atoms with E-state index in [0.717, 1.165) is 12.8 Å². The minimum absolute atomic E-state index is 0.0607. The number of aliphatic carboxylic acids is 1. The van der Waals surface area contributed by atoms with Crippen molar-refractivity contribution < 1.29 is 19.5 Å². The molecule has 1 rings (SSSR count). The van der Waals surface area contributed by atoms with Crippen molar-refractivity contribution in [3.8, 4) is 0 Å². The predicted molar refractivity (Wildman–Crippen MR) is 75.0 cm³/mol. The summed E-state index contributed by atoms with van der Waals surface area (Å²) in [6.07, 6.45) is 3.18. The molecule has 1 atom stereocenters. The molecule has 1 aliphatic rings. The number of carboxylic acids is 1. The number of carbonyl (C=O) groups is 3. The molecule has 0 radical (unpaired) electrons. The molecule has 0 spiro atoms. The van der Waals surface area contributed by atoms with Crippen LogP contribution < -0.4 is 0 Å². The molecule has 114 valence electrons. The van der Waals surface area contributed by atoms with Crippen LogP contribution in [0.2, 0.25) is 0 Å². The molecular formula is C15H25NO4. The van der Waals surface area contributed by atoms with Gasteiger partial charge in [-0.2, -0.15) is 0 Å². The van der Waals surface area contributed by atoms with Crippen LogP contribution in [0.4, 0.5) is 0 Å². The first kappa shape index (κ1) is 16.7. The lowest BCUT2D eigenvalue weighted by atomic mass is 9.80. The molecule has 0 aromatic carbocycles. The van der Waals surface area contributed by atoms with Gasteiger partial charge in [-0.15, -0.1) is 0 Å². The van der Waals surface area contributed by atoms with Crippen LogP contribution in [0.5, 0.6) is 0 Å². The van der Waals surface area contributed by atoms with Crippen LogP contribution >= 0.6 is 0 Å². The Balaban J connectivity index is 2.45. The SMILES string of the molecule is CC(C)CC1(C)CC(=O)N(CCCCCC(=O)O)C1=O. The molecule has 0 aromatic rings. The van der Waals surface area contributed by atoms with Gasteiger partial charge in [0.25, 0.3) is 0 Å². The quantitative estimate of drug-likeness (QED) is 0.548. The van der Waals surface area contributed by atoms with E-state index in [9.17, 15) is 14.4 Å². The predicted octanol–water partition coefficient (Wildman–Crippen LogP) is 2.44. The lowest BCUT2D eigenvalue weighted by Crippen LogP contribution is -2.35. The zero-order valence-electron chi connectivity index (χ0n) is 12.6. The summed E-state index contributed by atoms with van der Waals surface area (Å²) in [7, 11) is 0. The lowest BCUT2D eigenvalue weighted by Gasteiger charge is -2.23. The van der Waals surface area contributed by atoms with Crippen LogP contribution in [0.3, 0.4) is 0 Å². The Labute approximate surface area is 120 Å². The number of imide groups is 1. The highest BCUT2D eigenvalue weighted by Gasteiger charge is 2.47. The molecule has 1 N–H and O–H groups in total. The highest BCUT2D eigenvalue weighted by atomic mass is 16.4. The van der Waals surface area contributed by atoms with Crippen molar-refractivity contribution in [1.29, 1.82) is 0 Å². The van der Waals surface area contributed by atoms with Crippen molar-refractivity contribution in [2.24, 2.45) is 11.3 Å². The minimum Gasteiger partial charge on any atom is -0.481 e. The normalized spacial score (nSPS) is 22.9. The van der Waals surface area contributed by atoms with Crippen molar-refractivity contribution in [3.05, 3.63) is 0 Å². The van der Waals surface area contributed by atoms with E-state index in [4.69, 9.17) is 5.11 Å². The first-order valence-corrected chi connectivity index (χ1v) is 7.33. The largest absolute Gasteiger partial charge is 0.481 e. The molecule has 0 aliphatic carbocycles. The van der Waals surface area contributed by atoms with Crippen molar-refractivity contribution in [2.45, 2.75) is 59.3 Å². The molecule has 1 unspecified atom stereocenters. The number of hydrogen-bond donors (Lipinski definition) is 1. The Bertz CT molecular complexity index is 391. The summed E-state index contributed by atoms with van der Waals surface area (Å²) in [6, 6.07) is 0. The number of amides is 2. The van der Waals surface area contributed by atoms with E-state index in [2.05, 4.69) is 13.8 Å². The van der Waals surface area contributed by atoms with E-state index in [1.807, 2.05) is 6.92 Å². The highest BCUT2D eigenvalue weighted by molar-refractivity contribution is 6.05. The van der Waals surface area contributed by atoms with E-state index < -0.39 is 11.4 Å². The third-order valence-electron chi connectivity index (χ3n) is 3.74. The molecule has 2 amide bonds. The summed E-state index contributed by atoms with van der Waals surface area (Å²) >= 11 is 0. The summed E-state index contributed by atoms with van der Waals surface area (Å²) in [5.74, 6) is -0.569. The lowest BCUT2D eigenvalue weighted by molar-refractivity contribution is -0.142. The number of carboxylic acid groups (broad SMARTS) is 1. The van der Waals surface area contributed by atoms with E-state index >= 15 is 0 Å². The van der Waals surface area contributed by atoms with Crippen LogP contribution in [0.1, 0.15) is 59.3 Å². The van der Waals surface area contributed by atoms with Crippen molar-refractivity contribution in [2.75, 3.05) is 6.54 Å². The third kappa shape index (κ3) is 4.32. The average molecular weight is 283 g/mol. The zero-order chi connectivity index (χ0) is 15.3. The molecule has 20 heavy (non-hydrogen) atoms. The number of rotatable bonds is 8. The fourth-order valence-electron chi connectivity index (χ4n) is 2.95. The smallest absolute Gasteiger partial charge is 0.303 e. The Kier molecular flexibility index (Phi) is 5.72. The first-order valence-electron chi connectivity index (χ1n) is 7.33. The van der Waals surface area contributed by atoms with Crippen LogP contribution in [0.15, 0.2) is 0 Å². The zero-order valence-corrected chi connectivity index (χ0v) is 12.6. The topological polar surface area (TPSA) is 74.7 Å². The molecule has 0 bridgehead atoms. The average Bonchev–Trinajstić information content (AvgIpc) is 2.50. The van der Waals surface area contributed by atoms with E-state index in [1.54, 1.807) is 0 Å². The maximum Gasteiger partial charge on any atom is 0.303 e. The molecule has 0 aromatic heterocycles. The number of carbonyl (C=O) groups excluding carboxylic acids is 2. The van der Waals surface area contributed by atoms with E-state index in [-0.39, 0.29) is 18.2 Å². The summed E-state index contributed by atoms with van der Waals surface area (Å²) in [5.41, 5.74) is -0.549. The molecule has 1 fully saturated rings. The first-order chi connectivity index (χ1) is 9.26. The van der Waals surface area contributed by atoms with Gasteiger partial charge in [-0.25, -0.2) is 0 Å². The number of unbranched alkanes of at least 4 members (excludes halogenated alkanes) is 2. The van der Waals surface area contributed by atoms with Crippen LogP contribution in [0.25, 0.3) is 0 Å². The van der Waals surface area contributed by atoms with E-state index in [1.165, 1.54) is 4.90 Å². The van der Waals surface area contributed by atoms with Crippen LogP contribution in [0, 0.1) is 11.3 Å². The van der Waals surface area contributed by atoms with Gasteiger partial charge in [0.15, 0.2) is 0 Å². The Hall–Kier alpha value is -1.39.